The van der Waals surface area contributed by atoms with Crippen LogP contribution in [0.2, 0.25) is 0 Å². The van der Waals surface area contributed by atoms with Crippen LogP contribution >= 0.6 is 0 Å². The van der Waals surface area contributed by atoms with E-state index < -0.39 is 0 Å². The van der Waals surface area contributed by atoms with Crippen LogP contribution in [0.5, 0.6) is 5.75 Å². The summed E-state index contributed by atoms with van der Waals surface area (Å²) in [5, 5.41) is 5.37. The van der Waals surface area contributed by atoms with Gasteiger partial charge < -0.3 is 20.1 Å². The molecule has 3 aromatic carbocycles. The number of hydrogen-bond donors (Lipinski definition) is 2. The molecule has 0 aliphatic rings. The van der Waals surface area contributed by atoms with Crippen molar-refractivity contribution >= 4 is 17.5 Å². The van der Waals surface area contributed by atoms with Crippen molar-refractivity contribution in [1.82, 2.24) is 5.32 Å². The zero-order chi connectivity index (χ0) is 21.2. The highest BCUT2D eigenvalue weighted by atomic mass is 16.5. The molecule has 0 aromatic heterocycles. The van der Waals surface area contributed by atoms with E-state index in [1.165, 1.54) is 0 Å². The second-order valence-corrected chi connectivity index (χ2v) is 6.54. The molecule has 30 heavy (non-hydrogen) atoms. The van der Waals surface area contributed by atoms with Gasteiger partial charge in [-0.3, -0.25) is 9.59 Å². The Bertz CT molecular complexity index is 955. The molecule has 0 saturated carbocycles. The van der Waals surface area contributed by atoms with Crippen molar-refractivity contribution in [2.24, 2.45) is 0 Å². The molecule has 3 aromatic rings. The largest absolute Gasteiger partial charge is 0.491 e. The molecule has 2 N–H and O–H groups in total. The number of rotatable bonds is 9. The molecule has 0 fully saturated rings. The topological polar surface area (TPSA) is 76.7 Å². The quantitative estimate of drug-likeness (QED) is 0.533. The molecule has 0 spiro atoms. The number of hydrogen-bond acceptors (Lipinski definition) is 4. The highest BCUT2D eigenvalue weighted by molar-refractivity contribution is 5.99. The van der Waals surface area contributed by atoms with Crippen LogP contribution in [0.3, 0.4) is 0 Å². The number of nitrogens with one attached hydrogen (secondary N) is 2. The number of methoxy groups -OCH3 is 1. The predicted octanol–water partition coefficient (Wildman–Crippen LogP) is 3.75. The minimum Gasteiger partial charge on any atom is -0.491 e. The van der Waals surface area contributed by atoms with Crippen LogP contribution in [0, 0.1) is 0 Å². The zero-order valence-corrected chi connectivity index (χ0v) is 16.8. The Morgan fingerprint density at radius 1 is 0.800 bits per heavy atom. The van der Waals surface area contributed by atoms with Crippen LogP contribution in [0.15, 0.2) is 78.9 Å². The third-order valence-corrected chi connectivity index (χ3v) is 4.36. The number of carbonyl (C=O) groups is 2. The van der Waals surface area contributed by atoms with Crippen molar-refractivity contribution in [2.75, 3.05) is 32.2 Å². The minimum atomic E-state index is -0.308. The van der Waals surface area contributed by atoms with Gasteiger partial charge in [0.25, 0.3) is 5.91 Å². The van der Waals surface area contributed by atoms with Crippen molar-refractivity contribution in [3.8, 4) is 16.9 Å². The molecule has 6 heteroatoms. The lowest BCUT2D eigenvalue weighted by Crippen LogP contribution is -2.32. The highest BCUT2D eigenvalue weighted by Crippen LogP contribution is 2.19. The van der Waals surface area contributed by atoms with Gasteiger partial charge >= 0.3 is 0 Å². The highest BCUT2D eigenvalue weighted by Gasteiger charge is 2.09. The predicted molar refractivity (Wildman–Crippen MR) is 117 cm³/mol. The van der Waals surface area contributed by atoms with Gasteiger partial charge in [0.05, 0.1) is 13.2 Å². The first-order valence-corrected chi connectivity index (χ1v) is 9.61. The lowest BCUT2D eigenvalue weighted by molar-refractivity contribution is -0.115. The molecule has 0 aliphatic carbocycles. The van der Waals surface area contributed by atoms with Crippen LogP contribution in [-0.4, -0.2) is 38.7 Å². The molecule has 0 heterocycles. The van der Waals surface area contributed by atoms with E-state index in [1.54, 1.807) is 43.5 Å². The molecular formula is C24H24N2O4. The summed E-state index contributed by atoms with van der Waals surface area (Å²) in [6.07, 6.45) is 0. The summed E-state index contributed by atoms with van der Waals surface area (Å²) in [4.78, 5) is 24.4. The van der Waals surface area contributed by atoms with Crippen LogP contribution in [0.1, 0.15) is 10.4 Å². The fourth-order valence-corrected chi connectivity index (χ4v) is 2.79. The van der Waals surface area contributed by atoms with Gasteiger partial charge in [0, 0.05) is 18.4 Å². The van der Waals surface area contributed by atoms with Gasteiger partial charge in [-0.15, -0.1) is 0 Å². The van der Waals surface area contributed by atoms with E-state index in [0.717, 1.165) is 11.1 Å². The Morgan fingerprint density at radius 3 is 2.13 bits per heavy atom. The van der Waals surface area contributed by atoms with E-state index in [0.29, 0.717) is 30.2 Å². The van der Waals surface area contributed by atoms with Gasteiger partial charge in [0.15, 0.2) is 0 Å². The Labute approximate surface area is 175 Å². The van der Waals surface area contributed by atoms with E-state index in [2.05, 4.69) is 10.6 Å². The number of benzene rings is 3. The summed E-state index contributed by atoms with van der Waals surface area (Å²) < 4.78 is 10.4. The molecule has 154 valence electrons. The molecule has 2 amide bonds. The zero-order valence-electron chi connectivity index (χ0n) is 16.8. The fraction of sp³-hybridized carbons (Fsp3) is 0.167. The molecule has 0 bridgehead atoms. The third-order valence-electron chi connectivity index (χ3n) is 4.36. The van der Waals surface area contributed by atoms with Crippen LogP contribution < -0.4 is 15.4 Å². The van der Waals surface area contributed by atoms with E-state index in [9.17, 15) is 9.59 Å². The molecule has 6 nitrogen and oxygen atoms in total. The van der Waals surface area contributed by atoms with Gasteiger partial charge in [-0.05, 0) is 47.5 Å². The van der Waals surface area contributed by atoms with Crippen molar-refractivity contribution in [3.63, 3.8) is 0 Å². The maximum atomic E-state index is 12.3. The van der Waals surface area contributed by atoms with Gasteiger partial charge in [-0.25, -0.2) is 0 Å². The smallest absolute Gasteiger partial charge is 0.251 e. The van der Waals surface area contributed by atoms with Gasteiger partial charge in [0.1, 0.15) is 12.4 Å². The molecule has 0 saturated heterocycles. The average Bonchev–Trinajstić information content (AvgIpc) is 2.79. The molecule has 0 unspecified atom stereocenters. The maximum absolute atomic E-state index is 12.3. The monoisotopic (exact) mass is 404 g/mol. The lowest BCUT2D eigenvalue weighted by atomic mass is 10.0. The van der Waals surface area contributed by atoms with Gasteiger partial charge in [0.2, 0.25) is 5.91 Å². The summed E-state index contributed by atoms with van der Waals surface area (Å²) in [5.41, 5.74) is 3.24. The van der Waals surface area contributed by atoms with E-state index in [1.807, 2.05) is 42.5 Å². The average molecular weight is 404 g/mol. The minimum absolute atomic E-state index is 0.120. The first-order chi connectivity index (χ1) is 14.7. The first-order valence-electron chi connectivity index (χ1n) is 9.61. The molecule has 3 rings (SSSR count). The van der Waals surface area contributed by atoms with Crippen LogP contribution in [0.25, 0.3) is 11.1 Å². The van der Waals surface area contributed by atoms with Crippen molar-refractivity contribution in [1.29, 1.82) is 0 Å². The SMILES string of the molecule is COCCOc1ccc(NC(=O)CNC(=O)c2ccc(-c3ccccc3)cc2)cc1. The molecular weight excluding hydrogens is 380 g/mol. The Kier molecular flexibility index (Phi) is 7.58. The third kappa shape index (κ3) is 6.18. The summed E-state index contributed by atoms with van der Waals surface area (Å²) in [6, 6.07) is 24.2. The number of anilines is 1. The van der Waals surface area contributed by atoms with Crippen LogP contribution in [-0.2, 0) is 9.53 Å². The fourth-order valence-electron chi connectivity index (χ4n) is 2.79. The Morgan fingerprint density at radius 2 is 1.47 bits per heavy atom. The number of ether oxygens (including phenoxy) is 2. The van der Waals surface area contributed by atoms with Crippen LogP contribution in [0.4, 0.5) is 5.69 Å². The van der Waals surface area contributed by atoms with Crippen molar-refractivity contribution < 1.29 is 19.1 Å². The van der Waals surface area contributed by atoms with Gasteiger partial charge in [-0.1, -0.05) is 42.5 Å². The van der Waals surface area contributed by atoms with Crippen molar-refractivity contribution in [2.45, 2.75) is 0 Å². The van der Waals surface area contributed by atoms with E-state index in [-0.39, 0.29) is 18.4 Å². The number of amides is 2. The summed E-state index contributed by atoms with van der Waals surface area (Å²) >= 11 is 0. The molecule has 0 radical (unpaired) electrons. The molecule has 0 aliphatic heterocycles. The maximum Gasteiger partial charge on any atom is 0.251 e. The first kappa shape index (κ1) is 21.1. The normalized spacial score (nSPS) is 10.3. The summed E-state index contributed by atoms with van der Waals surface area (Å²) in [5.74, 6) is 0.0845. The standard InChI is InChI=1S/C24H24N2O4/c1-29-15-16-30-22-13-11-21(12-14-22)26-23(27)17-25-24(28)20-9-7-19(8-10-20)18-5-3-2-4-6-18/h2-14H,15-17H2,1H3,(H,25,28)(H,26,27). The summed E-state index contributed by atoms with van der Waals surface area (Å²) in [7, 11) is 1.61. The van der Waals surface area contributed by atoms with E-state index in [4.69, 9.17) is 9.47 Å². The summed E-state index contributed by atoms with van der Waals surface area (Å²) in [6.45, 7) is 0.846. The van der Waals surface area contributed by atoms with Crippen molar-refractivity contribution in [3.05, 3.63) is 84.4 Å². The van der Waals surface area contributed by atoms with Gasteiger partial charge in [-0.2, -0.15) is 0 Å². The lowest BCUT2D eigenvalue weighted by Gasteiger charge is -2.09. The Hall–Kier alpha value is -3.64. The second kappa shape index (κ2) is 10.8. The number of carbonyl (C=O) groups excluding carboxylic acids is 2. The Balaban J connectivity index is 1.46. The van der Waals surface area contributed by atoms with E-state index >= 15 is 0 Å². The second-order valence-electron chi connectivity index (χ2n) is 6.54. The molecule has 0 atom stereocenters.